The van der Waals surface area contributed by atoms with E-state index in [2.05, 4.69) is 172 Å². The number of fused-ring (bicyclic) bond motifs is 3. The van der Waals surface area contributed by atoms with E-state index in [-0.39, 0.29) is 35.6 Å². The average Bonchev–Trinajstić information content (AvgIpc) is 3.64. The number of rotatable bonds is 2. The molecule has 44 heavy (non-hydrogen) atoms. The first-order valence-electron chi connectivity index (χ1n) is 14.3. The van der Waals surface area contributed by atoms with Crippen LogP contribution < -0.4 is 24.8 Å². The van der Waals surface area contributed by atoms with Gasteiger partial charge in [-0.05, 0) is 17.4 Å². The molecule has 0 N–H and O–H groups in total. The van der Waals surface area contributed by atoms with Crippen LogP contribution in [0.15, 0.2) is 109 Å². The van der Waals surface area contributed by atoms with Crippen molar-refractivity contribution in [3.05, 3.63) is 156 Å². The molecule has 1 aliphatic rings. The molecule has 0 atom stereocenters. The minimum Gasteiger partial charge on any atom is -0.214 e. The molecule has 0 aliphatic heterocycles. The third-order valence-electron chi connectivity index (χ3n) is 7.37. The third kappa shape index (κ3) is 10.3. The Kier molecular flexibility index (Phi) is 15.4. The minimum atomic E-state index is 0. The molecule has 0 radical (unpaired) electrons. The summed E-state index contributed by atoms with van der Waals surface area (Å²) in [5, 5.41) is 0. The van der Waals surface area contributed by atoms with Crippen molar-refractivity contribution in [2.24, 2.45) is 0 Å². The van der Waals surface area contributed by atoms with Crippen LogP contribution in [0.25, 0.3) is 11.1 Å². The van der Waals surface area contributed by atoms with Gasteiger partial charge in [-0.25, -0.2) is 12.1 Å². The molecule has 0 aromatic heterocycles. The van der Waals surface area contributed by atoms with Gasteiger partial charge in [0.15, 0.2) is 0 Å². The summed E-state index contributed by atoms with van der Waals surface area (Å²) in [7, 11) is 0. The van der Waals surface area contributed by atoms with Gasteiger partial charge in [0, 0.05) is 0 Å². The van der Waals surface area contributed by atoms with Crippen molar-refractivity contribution in [2.45, 2.75) is 58.8 Å². The Hall–Kier alpha value is -0.977. The maximum atomic E-state index is 3.53. The van der Waals surface area contributed by atoms with Gasteiger partial charge in [-0.1, -0.05) is 76.3 Å². The predicted octanol–water partition coefficient (Wildman–Crippen LogP) is 5.08. The first-order chi connectivity index (χ1) is 19.9. The molecule has 5 aromatic carbocycles. The monoisotopic (exact) mass is 920 g/mol. The maximum absolute atomic E-state index is 3.53. The van der Waals surface area contributed by atoms with Gasteiger partial charge in [0.2, 0.25) is 0 Å². The molecule has 0 nitrogen and oxygen atoms in total. The predicted molar refractivity (Wildman–Crippen MR) is 194 cm³/mol. The van der Waals surface area contributed by atoms with Gasteiger partial charge < -0.3 is 24.8 Å². The zero-order valence-electron chi connectivity index (χ0n) is 26.1. The molecule has 0 heterocycles. The minimum absolute atomic E-state index is 0. The normalized spacial score (nSPS) is 11.3. The second-order valence-electron chi connectivity index (χ2n) is 12.6. The quantitative estimate of drug-likeness (QED) is 0.168. The Morgan fingerprint density at radius 1 is 0.682 bits per heavy atom. The standard InChI is InChI=1S/C21H25.C13H8I2.C5H5.2ClH.Zr/c1-20(2,3)16-9-7-14-11-15-8-10-17(21(4,5)6)13-19(15)18(14)12-16;14-12-7-3-1-5-10(12)9-11-6-2-4-8-13(11)15;1-2-4-5-3-1;;;/h7,9-10,12-13H,11H2,1-6H3;1-8H;1-5H;2*1H;/q-1;;-1;;;+2/p-2. The summed E-state index contributed by atoms with van der Waals surface area (Å²) < 4.78 is 4.08. The Bertz CT molecular complexity index is 1530. The summed E-state index contributed by atoms with van der Waals surface area (Å²) in [5.74, 6) is 0. The Balaban J connectivity index is 0.000000260. The molecular weight excluding hydrogens is 884 g/mol. The fourth-order valence-corrected chi connectivity index (χ4v) is 8.42. The molecule has 228 valence electrons. The summed E-state index contributed by atoms with van der Waals surface area (Å²) in [5.41, 5.74) is 11.5. The van der Waals surface area contributed by atoms with Crippen LogP contribution in [-0.4, -0.2) is 3.21 Å². The van der Waals surface area contributed by atoms with Crippen molar-refractivity contribution >= 4 is 48.4 Å². The van der Waals surface area contributed by atoms with Gasteiger partial charge in [0.25, 0.3) is 0 Å². The van der Waals surface area contributed by atoms with Crippen LogP contribution in [0.3, 0.4) is 0 Å². The number of halogens is 4. The van der Waals surface area contributed by atoms with Gasteiger partial charge in [-0.2, -0.15) is 47.5 Å². The second kappa shape index (κ2) is 17.3. The first kappa shape index (κ1) is 39.2. The van der Waals surface area contributed by atoms with Gasteiger partial charge >= 0.3 is 139 Å². The van der Waals surface area contributed by atoms with Crippen LogP contribution in [0.1, 0.15) is 74.9 Å². The van der Waals surface area contributed by atoms with Crippen molar-refractivity contribution in [2.75, 3.05) is 0 Å². The molecule has 5 heteroatoms. The van der Waals surface area contributed by atoms with E-state index >= 15 is 0 Å². The van der Waals surface area contributed by atoms with Gasteiger partial charge in [0.1, 0.15) is 0 Å². The van der Waals surface area contributed by atoms with Crippen molar-refractivity contribution in [3.8, 4) is 11.1 Å². The van der Waals surface area contributed by atoms with Gasteiger partial charge in [-0.15, -0.1) is 5.56 Å². The maximum Gasteiger partial charge on any atom is -0.172 e. The summed E-state index contributed by atoms with van der Waals surface area (Å²) in [6, 6.07) is 42.2. The van der Waals surface area contributed by atoms with E-state index in [4.69, 9.17) is 0 Å². The van der Waals surface area contributed by atoms with E-state index in [0.717, 1.165) is 6.42 Å². The van der Waals surface area contributed by atoms with Crippen LogP contribution in [0.4, 0.5) is 0 Å². The van der Waals surface area contributed by atoms with Crippen molar-refractivity contribution in [1.82, 2.24) is 0 Å². The molecule has 0 spiro atoms. The number of benzene rings is 4. The fourth-order valence-electron chi connectivity index (χ4n) is 4.78. The van der Waals surface area contributed by atoms with Crippen LogP contribution >= 0.6 is 45.2 Å². The van der Waals surface area contributed by atoms with E-state index in [0.29, 0.717) is 0 Å². The average molecular weight is 923 g/mol. The SMILES string of the molecule is CC(C)(C)c1c[c-]c2c(c1)-c1cc(C(C)(C)C)ccc1C2.[Cl-].[Cl-].[Zr+2]=[C](c1ccccc1I)c1ccccc1I.c1cc[cH-]c1. The van der Waals surface area contributed by atoms with E-state index in [1.54, 1.807) is 0 Å². The molecule has 0 bridgehead atoms. The molecule has 0 fully saturated rings. The van der Waals surface area contributed by atoms with Gasteiger partial charge in [-0.3, -0.25) is 0 Å². The van der Waals surface area contributed by atoms with Crippen molar-refractivity contribution in [3.63, 3.8) is 0 Å². The summed E-state index contributed by atoms with van der Waals surface area (Å²) in [4.78, 5) is 0. The number of hydrogen-bond donors (Lipinski definition) is 0. The van der Waals surface area contributed by atoms with E-state index in [9.17, 15) is 0 Å². The fraction of sp³-hybridized carbons (Fsp3) is 0.231. The van der Waals surface area contributed by atoms with Crippen LogP contribution in [0.2, 0.25) is 0 Å². The van der Waals surface area contributed by atoms with Gasteiger partial charge in [0.05, 0.1) is 0 Å². The first-order valence-corrected chi connectivity index (χ1v) is 17.7. The zero-order valence-corrected chi connectivity index (χ0v) is 34.4. The summed E-state index contributed by atoms with van der Waals surface area (Å²) in [6.07, 6.45) is 1.03. The molecule has 0 saturated carbocycles. The Morgan fingerprint density at radius 2 is 1.18 bits per heavy atom. The third-order valence-corrected chi connectivity index (χ3v) is 10.6. The topological polar surface area (TPSA) is 0 Å². The van der Waals surface area contributed by atoms with E-state index in [1.807, 2.05) is 30.3 Å². The Labute approximate surface area is 319 Å². The van der Waals surface area contributed by atoms with E-state index in [1.165, 1.54) is 79.1 Å². The zero-order chi connectivity index (χ0) is 30.5. The molecule has 1 aliphatic carbocycles. The Morgan fingerprint density at radius 3 is 1.64 bits per heavy atom. The smallest absolute Gasteiger partial charge is 0.172 e. The van der Waals surface area contributed by atoms with Crippen LogP contribution in [-0.2, 0) is 41.5 Å². The number of hydrogen-bond acceptors (Lipinski definition) is 0. The van der Waals surface area contributed by atoms with E-state index < -0.39 is 0 Å². The van der Waals surface area contributed by atoms with Crippen molar-refractivity contribution in [1.29, 1.82) is 0 Å². The summed E-state index contributed by atoms with van der Waals surface area (Å²) >= 11 is 6.27. The molecule has 0 amide bonds. The summed E-state index contributed by atoms with van der Waals surface area (Å²) in [6.45, 7) is 13.6. The molecule has 6 rings (SSSR count). The van der Waals surface area contributed by atoms with Crippen LogP contribution in [0.5, 0.6) is 0 Å². The molecule has 5 aromatic rings. The van der Waals surface area contributed by atoms with Crippen LogP contribution in [0, 0.1) is 13.2 Å². The second-order valence-corrected chi connectivity index (χ2v) is 16.2. The molecule has 0 unspecified atom stereocenters. The molecular formula is C39H38Cl2I2Zr-2. The molecule has 0 saturated heterocycles. The van der Waals surface area contributed by atoms with Crippen molar-refractivity contribution < 1.29 is 49.0 Å². The largest absolute Gasteiger partial charge is 0.214 e.